The van der Waals surface area contributed by atoms with Crippen LogP contribution in [0.15, 0.2) is 66.9 Å². The van der Waals surface area contributed by atoms with E-state index in [1.165, 1.54) is 18.2 Å². The summed E-state index contributed by atoms with van der Waals surface area (Å²) in [7, 11) is 0. The van der Waals surface area contributed by atoms with Crippen LogP contribution in [0.5, 0.6) is 5.75 Å². The van der Waals surface area contributed by atoms with Crippen LogP contribution in [0.25, 0.3) is 11.1 Å². The van der Waals surface area contributed by atoms with Crippen molar-refractivity contribution in [3.63, 3.8) is 0 Å². The lowest BCUT2D eigenvalue weighted by atomic mass is 9.94. The van der Waals surface area contributed by atoms with Crippen molar-refractivity contribution < 1.29 is 18.3 Å². The molecule has 1 aliphatic rings. The molecule has 1 aliphatic heterocycles. The Bertz CT molecular complexity index is 1070. The molecule has 0 bridgehead atoms. The van der Waals surface area contributed by atoms with Crippen molar-refractivity contribution in [3.8, 4) is 16.9 Å². The van der Waals surface area contributed by atoms with Crippen molar-refractivity contribution in [3.05, 3.63) is 84.2 Å². The van der Waals surface area contributed by atoms with Crippen LogP contribution in [-0.4, -0.2) is 30.6 Å². The van der Waals surface area contributed by atoms with E-state index in [0.717, 1.165) is 37.1 Å². The monoisotopic (exact) mass is 451 g/mol. The van der Waals surface area contributed by atoms with E-state index in [0.29, 0.717) is 12.1 Å². The normalized spacial score (nSPS) is 15.1. The van der Waals surface area contributed by atoms with Crippen LogP contribution in [0.4, 0.5) is 8.78 Å². The Kier molecular flexibility index (Phi) is 7.62. The number of piperidine rings is 1. The van der Waals surface area contributed by atoms with Crippen LogP contribution in [-0.2, 0) is 4.79 Å². The minimum atomic E-state index is -0.444. The molecule has 2 aromatic carbocycles. The number of hydrogen-bond acceptors (Lipinski definition) is 4. The molecule has 2 N–H and O–H groups in total. The highest BCUT2D eigenvalue weighted by Crippen LogP contribution is 2.29. The maximum Gasteiger partial charge on any atom is 0.223 e. The number of benzene rings is 2. The van der Waals surface area contributed by atoms with Gasteiger partial charge in [-0.25, -0.2) is 8.78 Å². The van der Waals surface area contributed by atoms with Gasteiger partial charge in [-0.1, -0.05) is 30.3 Å². The zero-order chi connectivity index (χ0) is 23.0. The summed E-state index contributed by atoms with van der Waals surface area (Å²) in [5, 5.41) is 6.42. The first-order valence-electron chi connectivity index (χ1n) is 11.2. The lowest BCUT2D eigenvalue weighted by Gasteiger charge is -2.26. The summed E-state index contributed by atoms with van der Waals surface area (Å²) in [5.41, 5.74) is 2.28. The molecule has 0 aliphatic carbocycles. The zero-order valence-electron chi connectivity index (χ0n) is 18.3. The van der Waals surface area contributed by atoms with E-state index in [2.05, 4.69) is 15.6 Å². The van der Waals surface area contributed by atoms with Gasteiger partial charge in [0.1, 0.15) is 5.82 Å². The molecule has 7 heteroatoms. The van der Waals surface area contributed by atoms with Crippen LogP contribution in [0.2, 0.25) is 0 Å². The number of aromatic nitrogens is 1. The van der Waals surface area contributed by atoms with Gasteiger partial charge in [-0.3, -0.25) is 9.78 Å². The summed E-state index contributed by atoms with van der Waals surface area (Å²) in [6, 6.07) is 15.7. The van der Waals surface area contributed by atoms with Gasteiger partial charge < -0.3 is 15.4 Å². The Balaban J connectivity index is 1.57. The first-order valence-corrected chi connectivity index (χ1v) is 11.2. The molecule has 3 aromatic rings. The lowest BCUT2D eigenvalue weighted by molar-refractivity contribution is -0.126. The van der Waals surface area contributed by atoms with Gasteiger partial charge in [0.2, 0.25) is 5.91 Å². The Morgan fingerprint density at radius 2 is 1.82 bits per heavy atom. The van der Waals surface area contributed by atoms with Crippen molar-refractivity contribution in [2.75, 3.05) is 19.7 Å². The second kappa shape index (κ2) is 11.0. The number of nitrogens with one attached hydrogen (secondary N) is 2. The molecular formula is C26H27F2N3O2. The number of amides is 1. The molecule has 1 amide bonds. The van der Waals surface area contributed by atoms with E-state index >= 15 is 0 Å². The molecule has 1 fully saturated rings. The predicted octanol–water partition coefficient (Wildman–Crippen LogP) is 4.65. The molecule has 1 aromatic heterocycles. The van der Waals surface area contributed by atoms with Crippen molar-refractivity contribution in [1.29, 1.82) is 0 Å². The second-order valence-electron chi connectivity index (χ2n) is 8.10. The van der Waals surface area contributed by atoms with E-state index in [-0.39, 0.29) is 30.0 Å². The maximum atomic E-state index is 14.0. The van der Waals surface area contributed by atoms with E-state index in [9.17, 15) is 13.6 Å². The average molecular weight is 452 g/mol. The van der Waals surface area contributed by atoms with Gasteiger partial charge in [0.05, 0.1) is 18.3 Å². The lowest BCUT2D eigenvalue weighted by Crippen LogP contribution is -2.40. The zero-order valence-corrected chi connectivity index (χ0v) is 18.3. The number of nitrogens with zero attached hydrogens (tertiary/aromatic N) is 1. The molecule has 2 heterocycles. The molecule has 172 valence electrons. The number of carbonyl (C=O) groups excluding carboxylic acids is 1. The van der Waals surface area contributed by atoms with Gasteiger partial charge >= 0.3 is 0 Å². The SMILES string of the molecule is O=C(N[C@H](CCOc1ccccc1F)c1ncccc1-c1ccc(F)cc1)C1CCNCC1. The maximum absolute atomic E-state index is 14.0. The quantitative estimate of drug-likeness (QED) is 0.523. The number of halogens is 2. The van der Waals surface area contributed by atoms with E-state index in [1.54, 1.807) is 36.5 Å². The first-order chi connectivity index (χ1) is 16.1. The minimum absolute atomic E-state index is 0.0249. The van der Waals surface area contributed by atoms with Gasteiger partial charge in [-0.05, 0) is 61.8 Å². The fourth-order valence-corrected chi connectivity index (χ4v) is 4.07. The van der Waals surface area contributed by atoms with E-state index < -0.39 is 11.9 Å². The van der Waals surface area contributed by atoms with Gasteiger partial charge in [-0.15, -0.1) is 0 Å². The van der Waals surface area contributed by atoms with E-state index in [4.69, 9.17) is 4.74 Å². The van der Waals surface area contributed by atoms with Crippen LogP contribution < -0.4 is 15.4 Å². The average Bonchev–Trinajstić information content (AvgIpc) is 2.85. The second-order valence-corrected chi connectivity index (χ2v) is 8.10. The Hall–Kier alpha value is -3.32. The molecule has 0 radical (unpaired) electrons. The Labute approximate surface area is 192 Å². The molecule has 0 spiro atoms. The summed E-state index contributed by atoms with van der Waals surface area (Å²) in [4.78, 5) is 17.6. The fourth-order valence-electron chi connectivity index (χ4n) is 4.07. The minimum Gasteiger partial charge on any atom is -0.490 e. The number of ether oxygens (including phenoxy) is 1. The Morgan fingerprint density at radius 1 is 1.06 bits per heavy atom. The number of para-hydroxylation sites is 1. The predicted molar refractivity (Wildman–Crippen MR) is 123 cm³/mol. The highest BCUT2D eigenvalue weighted by molar-refractivity contribution is 5.79. The molecule has 0 unspecified atom stereocenters. The van der Waals surface area contributed by atoms with Gasteiger partial charge in [-0.2, -0.15) is 0 Å². The summed E-state index contributed by atoms with van der Waals surface area (Å²) in [6.07, 6.45) is 3.62. The molecular weight excluding hydrogens is 424 g/mol. The number of hydrogen-bond donors (Lipinski definition) is 2. The summed E-state index contributed by atoms with van der Waals surface area (Å²) < 4.78 is 33.1. The fraction of sp³-hybridized carbons (Fsp3) is 0.308. The third-order valence-corrected chi connectivity index (χ3v) is 5.85. The Morgan fingerprint density at radius 3 is 2.58 bits per heavy atom. The first kappa shape index (κ1) is 22.9. The molecule has 5 nitrogen and oxygen atoms in total. The van der Waals surface area contributed by atoms with Crippen molar-refractivity contribution in [2.45, 2.75) is 25.3 Å². The van der Waals surface area contributed by atoms with Gasteiger partial charge in [0.15, 0.2) is 11.6 Å². The molecule has 1 atom stereocenters. The van der Waals surface area contributed by atoms with Gasteiger partial charge in [0.25, 0.3) is 0 Å². The van der Waals surface area contributed by atoms with Crippen molar-refractivity contribution in [2.24, 2.45) is 5.92 Å². The van der Waals surface area contributed by atoms with Crippen LogP contribution in [0.1, 0.15) is 31.0 Å². The van der Waals surface area contributed by atoms with Crippen molar-refractivity contribution >= 4 is 5.91 Å². The van der Waals surface area contributed by atoms with Crippen molar-refractivity contribution in [1.82, 2.24) is 15.6 Å². The summed E-state index contributed by atoms with van der Waals surface area (Å²) in [6.45, 7) is 1.81. The van der Waals surface area contributed by atoms with Crippen LogP contribution in [0.3, 0.4) is 0 Å². The highest BCUT2D eigenvalue weighted by Gasteiger charge is 2.26. The molecule has 0 saturated carbocycles. The number of carbonyl (C=O) groups is 1. The molecule has 33 heavy (non-hydrogen) atoms. The largest absolute Gasteiger partial charge is 0.490 e. The number of rotatable bonds is 8. The molecule has 1 saturated heterocycles. The summed E-state index contributed by atoms with van der Waals surface area (Å²) >= 11 is 0. The smallest absolute Gasteiger partial charge is 0.223 e. The molecule has 4 rings (SSSR count). The van der Waals surface area contributed by atoms with Crippen LogP contribution >= 0.6 is 0 Å². The third-order valence-electron chi connectivity index (χ3n) is 5.85. The van der Waals surface area contributed by atoms with E-state index in [1.807, 2.05) is 12.1 Å². The summed E-state index contributed by atoms with van der Waals surface area (Å²) in [5.74, 6) is -0.682. The highest BCUT2D eigenvalue weighted by atomic mass is 19.1. The van der Waals surface area contributed by atoms with Crippen LogP contribution in [0, 0.1) is 17.6 Å². The number of pyridine rings is 1. The topological polar surface area (TPSA) is 63.2 Å². The third kappa shape index (κ3) is 5.93. The standard InChI is InChI=1S/C26H27F2N3O2/c27-20-9-7-18(8-10-20)21-4-3-14-30-25(21)23(31-26(32)19-11-15-29-16-12-19)13-17-33-24-6-2-1-5-22(24)28/h1-10,14,19,23,29H,11-13,15-17H2,(H,31,32)/t23-/m1/s1. The van der Waals surface area contributed by atoms with Gasteiger partial charge in [0, 0.05) is 24.1 Å².